The van der Waals surface area contributed by atoms with Crippen LogP contribution >= 0.6 is 11.3 Å². The molecule has 1 aromatic heterocycles. The molecular formula is C17H17F3N2O4S. The van der Waals surface area contributed by atoms with Gasteiger partial charge in [-0.15, -0.1) is 13.2 Å². The highest BCUT2D eigenvalue weighted by Crippen LogP contribution is 2.24. The third-order valence-electron chi connectivity index (χ3n) is 3.41. The van der Waals surface area contributed by atoms with E-state index < -0.39 is 18.2 Å². The molecule has 0 saturated carbocycles. The number of alkyl halides is 3. The van der Waals surface area contributed by atoms with E-state index in [2.05, 4.69) is 15.4 Å². The molecule has 0 saturated heterocycles. The molecule has 2 aromatic rings. The summed E-state index contributed by atoms with van der Waals surface area (Å²) in [6.07, 6.45) is -5.84. The van der Waals surface area contributed by atoms with Gasteiger partial charge in [0.15, 0.2) is 0 Å². The Labute approximate surface area is 157 Å². The Morgan fingerprint density at radius 3 is 2.44 bits per heavy atom. The van der Waals surface area contributed by atoms with E-state index in [1.54, 1.807) is 16.8 Å². The molecule has 0 aliphatic rings. The first kappa shape index (κ1) is 20.7. The average Bonchev–Trinajstić information content (AvgIpc) is 3.13. The fourth-order valence-electron chi connectivity index (χ4n) is 2.09. The Hall–Kier alpha value is -2.59. The lowest BCUT2D eigenvalue weighted by Crippen LogP contribution is -2.32. The van der Waals surface area contributed by atoms with Crippen LogP contribution in [0.15, 0.2) is 41.1 Å². The highest BCUT2D eigenvalue weighted by Gasteiger charge is 2.31. The summed E-state index contributed by atoms with van der Waals surface area (Å²) in [7, 11) is 0. The molecule has 6 nitrogen and oxygen atoms in total. The van der Waals surface area contributed by atoms with Gasteiger partial charge < -0.3 is 20.5 Å². The summed E-state index contributed by atoms with van der Waals surface area (Å²) in [4.78, 5) is 23.4. The minimum absolute atomic E-state index is 0.0287. The van der Waals surface area contributed by atoms with Gasteiger partial charge in [0.25, 0.3) is 5.91 Å². The van der Waals surface area contributed by atoms with Gasteiger partial charge in [-0.25, -0.2) is 0 Å². The molecule has 0 aliphatic heterocycles. The van der Waals surface area contributed by atoms with Crippen LogP contribution in [0.4, 0.5) is 13.2 Å². The quantitative estimate of drug-likeness (QED) is 0.634. The summed E-state index contributed by atoms with van der Waals surface area (Å²) in [5.41, 5.74) is 0.851. The van der Waals surface area contributed by atoms with Crippen LogP contribution < -0.4 is 15.4 Å². The maximum Gasteiger partial charge on any atom is 0.573 e. The second-order valence-electron chi connectivity index (χ2n) is 5.45. The van der Waals surface area contributed by atoms with Crippen molar-refractivity contribution in [2.75, 3.05) is 13.1 Å². The number of rotatable bonds is 8. The summed E-state index contributed by atoms with van der Waals surface area (Å²) in [6.45, 7) is 0.0247. The molecule has 0 fully saturated rings. The van der Waals surface area contributed by atoms with Crippen LogP contribution in [0, 0.1) is 0 Å². The molecule has 2 rings (SSSR count). The van der Waals surface area contributed by atoms with Gasteiger partial charge in [-0.3, -0.25) is 9.59 Å². The highest BCUT2D eigenvalue weighted by molar-refractivity contribution is 7.08. The van der Waals surface area contributed by atoms with Crippen LogP contribution in [0.2, 0.25) is 0 Å². The predicted octanol–water partition coefficient (Wildman–Crippen LogP) is 2.62. The molecule has 2 amide bonds. The van der Waals surface area contributed by atoms with Gasteiger partial charge >= 0.3 is 6.36 Å². The summed E-state index contributed by atoms with van der Waals surface area (Å²) in [6, 6.07) is 6.38. The van der Waals surface area contributed by atoms with E-state index in [-0.39, 0.29) is 31.3 Å². The number of benzene rings is 1. The normalized spacial score (nSPS) is 12.3. The number of halogens is 3. The van der Waals surface area contributed by atoms with Crippen LogP contribution in [-0.4, -0.2) is 36.4 Å². The Morgan fingerprint density at radius 2 is 1.85 bits per heavy atom. The Bertz CT molecular complexity index is 749. The number of amides is 2. The molecular weight excluding hydrogens is 385 g/mol. The Kier molecular flexibility index (Phi) is 7.19. The lowest BCUT2D eigenvalue weighted by molar-refractivity contribution is -0.274. The minimum atomic E-state index is -4.78. The van der Waals surface area contributed by atoms with Crippen molar-refractivity contribution in [2.24, 2.45) is 0 Å². The monoisotopic (exact) mass is 402 g/mol. The SMILES string of the molecule is O=C(CCNC(=O)c1ccsc1)NCC(O)c1ccc(OC(F)(F)F)cc1. The van der Waals surface area contributed by atoms with Crippen LogP contribution in [0.1, 0.15) is 28.4 Å². The van der Waals surface area contributed by atoms with Crippen molar-refractivity contribution in [1.82, 2.24) is 10.6 Å². The number of hydrogen-bond acceptors (Lipinski definition) is 5. The number of carbonyl (C=O) groups excluding carboxylic acids is 2. The summed E-state index contributed by atoms with van der Waals surface area (Å²) >= 11 is 1.39. The summed E-state index contributed by atoms with van der Waals surface area (Å²) < 4.78 is 40.0. The standard InChI is InChI=1S/C17H17F3N2O4S/c18-17(19,20)26-13-3-1-11(2-4-13)14(23)9-22-15(24)5-7-21-16(25)12-6-8-27-10-12/h1-4,6,8,10,14,23H,5,7,9H2,(H,21,25)(H,22,24). The number of carbonyl (C=O) groups is 2. The van der Waals surface area contributed by atoms with Crippen molar-refractivity contribution < 1.29 is 32.6 Å². The van der Waals surface area contributed by atoms with Crippen LogP contribution in [-0.2, 0) is 4.79 Å². The Morgan fingerprint density at radius 1 is 1.15 bits per heavy atom. The van der Waals surface area contributed by atoms with E-state index in [1.807, 2.05) is 0 Å². The third-order valence-corrected chi connectivity index (χ3v) is 4.10. The van der Waals surface area contributed by atoms with Crippen molar-refractivity contribution >= 4 is 23.2 Å². The van der Waals surface area contributed by atoms with E-state index in [0.717, 1.165) is 12.1 Å². The molecule has 0 spiro atoms. The van der Waals surface area contributed by atoms with Gasteiger partial charge in [-0.05, 0) is 29.1 Å². The van der Waals surface area contributed by atoms with Crippen molar-refractivity contribution in [3.8, 4) is 5.75 Å². The zero-order chi connectivity index (χ0) is 19.9. The number of hydrogen-bond donors (Lipinski definition) is 3. The largest absolute Gasteiger partial charge is 0.573 e. The van der Waals surface area contributed by atoms with Gasteiger partial charge in [-0.1, -0.05) is 12.1 Å². The molecule has 0 aliphatic carbocycles. The van der Waals surface area contributed by atoms with Crippen LogP contribution in [0.25, 0.3) is 0 Å². The molecule has 1 unspecified atom stereocenters. The first-order valence-corrected chi connectivity index (χ1v) is 8.80. The minimum Gasteiger partial charge on any atom is -0.406 e. The zero-order valence-corrected chi connectivity index (χ0v) is 14.8. The van der Waals surface area contributed by atoms with E-state index in [1.165, 1.54) is 23.5 Å². The van der Waals surface area contributed by atoms with Crippen LogP contribution in [0.3, 0.4) is 0 Å². The lowest BCUT2D eigenvalue weighted by Gasteiger charge is -2.14. The van der Waals surface area contributed by atoms with E-state index in [0.29, 0.717) is 11.1 Å². The van der Waals surface area contributed by atoms with Gasteiger partial charge in [-0.2, -0.15) is 11.3 Å². The molecule has 0 radical (unpaired) electrons. The molecule has 1 atom stereocenters. The number of ether oxygens (including phenoxy) is 1. The summed E-state index contributed by atoms with van der Waals surface area (Å²) in [5, 5.41) is 18.5. The lowest BCUT2D eigenvalue weighted by atomic mass is 10.1. The second-order valence-corrected chi connectivity index (χ2v) is 6.23. The summed E-state index contributed by atoms with van der Waals surface area (Å²) in [5.74, 6) is -1.05. The van der Waals surface area contributed by atoms with Crippen molar-refractivity contribution in [3.63, 3.8) is 0 Å². The van der Waals surface area contributed by atoms with Gasteiger partial charge in [0.05, 0.1) is 6.10 Å². The number of aliphatic hydroxyl groups is 1. The smallest absolute Gasteiger partial charge is 0.406 e. The van der Waals surface area contributed by atoms with E-state index in [4.69, 9.17) is 0 Å². The van der Waals surface area contributed by atoms with Crippen molar-refractivity contribution in [1.29, 1.82) is 0 Å². The maximum atomic E-state index is 12.1. The third kappa shape index (κ3) is 7.27. The van der Waals surface area contributed by atoms with Crippen molar-refractivity contribution in [2.45, 2.75) is 18.9 Å². The number of thiophene rings is 1. The number of aliphatic hydroxyl groups excluding tert-OH is 1. The zero-order valence-electron chi connectivity index (χ0n) is 14.0. The molecule has 27 heavy (non-hydrogen) atoms. The number of nitrogens with one attached hydrogen (secondary N) is 2. The van der Waals surface area contributed by atoms with E-state index >= 15 is 0 Å². The molecule has 0 bridgehead atoms. The topological polar surface area (TPSA) is 87.7 Å². The molecule has 146 valence electrons. The average molecular weight is 402 g/mol. The first-order valence-electron chi connectivity index (χ1n) is 7.85. The Balaban J connectivity index is 1.70. The first-order chi connectivity index (χ1) is 12.7. The van der Waals surface area contributed by atoms with Gasteiger partial charge in [0, 0.05) is 30.5 Å². The van der Waals surface area contributed by atoms with E-state index in [9.17, 15) is 27.9 Å². The molecule has 10 heteroatoms. The maximum absolute atomic E-state index is 12.1. The molecule has 1 heterocycles. The molecule has 3 N–H and O–H groups in total. The fraction of sp³-hybridized carbons (Fsp3) is 0.294. The predicted molar refractivity (Wildman–Crippen MR) is 92.4 cm³/mol. The van der Waals surface area contributed by atoms with Crippen LogP contribution in [0.5, 0.6) is 5.75 Å². The highest BCUT2D eigenvalue weighted by atomic mass is 32.1. The van der Waals surface area contributed by atoms with Gasteiger partial charge in [0.2, 0.25) is 5.91 Å². The fourth-order valence-corrected chi connectivity index (χ4v) is 2.73. The molecule has 1 aromatic carbocycles. The van der Waals surface area contributed by atoms with Crippen molar-refractivity contribution in [3.05, 3.63) is 52.2 Å². The van der Waals surface area contributed by atoms with Gasteiger partial charge in [0.1, 0.15) is 5.75 Å². The second kappa shape index (κ2) is 9.38.